The van der Waals surface area contributed by atoms with Crippen LogP contribution in [0.3, 0.4) is 0 Å². The average molecular weight is 557 g/mol. The van der Waals surface area contributed by atoms with E-state index in [-0.39, 0.29) is 29.9 Å². The maximum Gasteiger partial charge on any atom is 0.253 e. The molecule has 3 aromatic rings. The van der Waals surface area contributed by atoms with Crippen LogP contribution in [0.1, 0.15) is 41.6 Å². The topological polar surface area (TPSA) is 145 Å². The van der Waals surface area contributed by atoms with Crippen molar-refractivity contribution in [3.8, 4) is 5.75 Å². The van der Waals surface area contributed by atoms with Gasteiger partial charge in [-0.15, -0.1) is 0 Å². The molecule has 212 valence electrons. The van der Waals surface area contributed by atoms with E-state index in [2.05, 4.69) is 20.6 Å². The SMILES string of the molecule is O=C(N[C@@H](Cc1ccc(O)cc1)C(=O)N1CCC[C@H]1C(=O)N1CCC[C@H]1C(=O)Nc1cccnc1)c1cccnc1. The highest BCUT2D eigenvalue weighted by molar-refractivity contribution is 6.00. The highest BCUT2D eigenvalue weighted by Gasteiger charge is 2.43. The normalized spacial score (nSPS) is 19.0. The number of amides is 4. The highest BCUT2D eigenvalue weighted by atomic mass is 16.3. The Balaban J connectivity index is 1.33. The summed E-state index contributed by atoms with van der Waals surface area (Å²) in [5, 5.41) is 15.3. The lowest BCUT2D eigenvalue weighted by atomic mass is 10.0. The van der Waals surface area contributed by atoms with Crippen molar-refractivity contribution in [2.75, 3.05) is 18.4 Å². The maximum atomic E-state index is 14.0. The predicted molar refractivity (Wildman–Crippen MR) is 150 cm³/mol. The molecule has 4 heterocycles. The Morgan fingerprint density at radius 3 is 2.24 bits per heavy atom. The lowest BCUT2D eigenvalue weighted by Gasteiger charge is -2.33. The summed E-state index contributed by atoms with van der Waals surface area (Å²) < 4.78 is 0. The molecule has 0 radical (unpaired) electrons. The maximum absolute atomic E-state index is 14.0. The summed E-state index contributed by atoms with van der Waals surface area (Å²) in [6, 6.07) is 10.8. The Bertz CT molecular complexity index is 1390. The van der Waals surface area contributed by atoms with Crippen molar-refractivity contribution in [1.29, 1.82) is 0 Å². The molecule has 41 heavy (non-hydrogen) atoms. The fraction of sp³-hybridized carbons (Fsp3) is 0.333. The van der Waals surface area contributed by atoms with E-state index >= 15 is 0 Å². The van der Waals surface area contributed by atoms with E-state index in [4.69, 9.17) is 0 Å². The summed E-state index contributed by atoms with van der Waals surface area (Å²) in [6.45, 7) is 0.793. The first-order valence-corrected chi connectivity index (χ1v) is 13.7. The van der Waals surface area contributed by atoms with Gasteiger partial charge in [-0.2, -0.15) is 0 Å². The molecular weight excluding hydrogens is 524 g/mol. The number of nitrogens with one attached hydrogen (secondary N) is 2. The summed E-state index contributed by atoms with van der Waals surface area (Å²) in [7, 11) is 0. The number of carbonyl (C=O) groups excluding carboxylic acids is 4. The lowest BCUT2D eigenvalue weighted by molar-refractivity contribution is -0.146. The van der Waals surface area contributed by atoms with Gasteiger partial charge in [-0.3, -0.25) is 29.1 Å². The number of rotatable bonds is 8. The van der Waals surface area contributed by atoms with Gasteiger partial charge in [0.2, 0.25) is 17.7 Å². The summed E-state index contributed by atoms with van der Waals surface area (Å²) in [6.07, 6.45) is 8.62. The van der Waals surface area contributed by atoms with Crippen LogP contribution in [0, 0.1) is 0 Å². The molecule has 2 aromatic heterocycles. The minimum absolute atomic E-state index is 0.0916. The Kier molecular flexibility index (Phi) is 8.52. The van der Waals surface area contributed by atoms with Crippen LogP contribution in [0.25, 0.3) is 0 Å². The van der Waals surface area contributed by atoms with Gasteiger partial charge in [0.25, 0.3) is 5.91 Å². The van der Waals surface area contributed by atoms with Crippen molar-refractivity contribution in [2.45, 2.75) is 50.2 Å². The van der Waals surface area contributed by atoms with Crippen molar-refractivity contribution in [3.63, 3.8) is 0 Å². The van der Waals surface area contributed by atoms with Crippen molar-refractivity contribution in [1.82, 2.24) is 25.1 Å². The van der Waals surface area contributed by atoms with Crippen LogP contribution in [0.5, 0.6) is 5.75 Å². The molecule has 0 saturated carbocycles. The van der Waals surface area contributed by atoms with Gasteiger partial charge in [0.1, 0.15) is 23.9 Å². The number of benzene rings is 1. The monoisotopic (exact) mass is 556 g/mol. The highest BCUT2D eigenvalue weighted by Crippen LogP contribution is 2.27. The van der Waals surface area contributed by atoms with Crippen molar-refractivity contribution in [2.24, 2.45) is 0 Å². The Morgan fingerprint density at radius 2 is 1.56 bits per heavy atom. The smallest absolute Gasteiger partial charge is 0.253 e. The van der Waals surface area contributed by atoms with E-state index in [0.29, 0.717) is 50.0 Å². The number of pyridine rings is 2. The summed E-state index contributed by atoms with van der Waals surface area (Å²) in [5.41, 5.74) is 1.60. The van der Waals surface area contributed by atoms with Crippen molar-refractivity contribution >= 4 is 29.3 Å². The number of likely N-dealkylation sites (tertiary alicyclic amines) is 2. The number of aromatic hydroxyl groups is 1. The second-order valence-corrected chi connectivity index (χ2v) is 10.2. The molecule has 2 aliphatic rings. The van der Waals surface area contributed by atoms with Crippen molar-refractivity contribution in [3.05, 3.63) is 84.4 Å². The Labute approximate surface area is 237 Å². The number of hydrogen-bond acceptors (Lipinski definition) is 7. The summed E-state index contributed by atoms with van der Waals surface area (Å²) in [5.74, 6) is -1.28. The summed E-state index contributed by atoms with van der Waals surface area (Å²) >= 11 is 0. The molecule has 11 heteroatoms. The lowest BCUT2D eigenvalue weighted by Crippen LogP contribution is -2.56. The van der Waals surface area contributed by atoms with Gasteiger partial charge in [0, 0.05) is 38.1 Å². The van der Waals surface area contributed by atoms with Crippen LogP contribution in [0.4, 0.5) is 5.69 Å². The van der Waals surface area contributed by atoms with Gasteiger partial charge < -0.3 is 25.5 Å². The van der Waals surface area contributed by atoms with E-state index in [0.717, 1.165) is 5.56 Å². The number of carbonyl (C=O) groups is 4. The van der Waals surface area contributed by atoms with Crippen LogP contribution < -0.4 is 10.6 Å². The Morgan fingerprint density at radius 1 is 0.878 bits per heavy atom. The molecule has 2 saturated heterocycles. The zero-order valence-electron chi connectivity index (χ0n) is 22.5. The third kappa shape index (κ3) is 6.51. The largest absolute Gasteiger partial charge is 0.508 e. The number of phenols is 1. The van der Waals surface area contributed by atoms with Crippen LogP contribution in [-0.4, -0.2) is 79.7 Å². The zero-order valence-corrected chi connectivity index (χ0v) is 22.5. The number of anilines is 1. The van der Waals surface area contributed by atoms with Crippen LogP contribution >= 0.6 is 0 Å². The quantitative estimate of drug-likeness (QED) is 0.386. The van der Waals surface area contributed by atoms with E-state index in [9.17, 15) is 24.3 Å². The first kappa shape index (κ1) is 27.8. The fourth-order valence-corrected chi connectivity index (χ4v) is 5.45. The minimum atomic E-state index is -0.955. The summed E-state index contributed by atoms with van der Waals surface area (Å²) in [4.78, 5) is 65.0. The van der Waals surface area contributed by atoms with E-state index in [1.54, 1.807) is 59.9 Å². The second kappa shape index (κ2) is 12.6. The van der Waals surface area contributed by atoms with Crippen LogP contribution in [0.15, 0.2) is 73.3 Å². The average Bonchev–Trinajstić information content (AvgIpc) is 3.69. The molecule has 3 atom stereocenters. The molecule has 0 spiro atoms. The number of hydrogen-bond donors (Lipinski definition) is 3. The van der Waals surface area contributed by atoms with E-state index in [1.165, 1.54) is 23.2 Å². The minimum Gasteiger partial charge on any atom is -0.508 e. The molecule has 0 bridgehead atoms. The van der Waals surface area contributed by atoms with Crippen LogP contribution in [0.2, 0.25) is 0 Å². The molecule has 4 amide bonds. The molecule has 0 aliphatic carbocycles. The molecule has 5 rings (SSSR count). The zero-order chi connectivity index (χ0) is 28.8. The van der Waals surface area contributed by atoms with Crippen LogP contribution in [-0.2, 0) is 20.8 Å². The number of phenolic OH excluding ortho intramolecular Hbond substituents is 1. The van der Waals surface area contributed by atoms with E-state index < -0.39 is 24.0 Å². The van der Waals surface area contributed by atoms with Crippen molar-refractivity contribution < 1.29 is 24.3 Å². The number of nitrogens with zero attached hydrogens (tertiary/aromatic N) is 4. The molecule has 11 nitrogen and oxygen atoms in total. The number of aromatic nitrogens is 2. The molecule has 3 N–H and O–H groups in total. The third-order valence-corrected chi connectivity index (χ3v) is 7.49. The van der Waals surface area contributed by atoms with Gasteiger partial charge in [-0.1, -0.05) is 12.1 Å². The van der Waals surface area contributed by atoms with Gasteiger partial charge in [-0.25, -0.2) is 0 Å². The Hall–Kier alpha value is -4.80. The molecule has 2 fully saturated rings. The fourth-order valence-electron chi connectivity index (χ4n) is 5.45. The molecule has 1 aromatic carbocycles. The first-order chi connectivity index (χ1) is 19.9. The molecular formula is C30H32N6O5. The predicted octanol–water partition coefficient (Wildman–Crippen LogP) is 2.14. The molecule has 2 aliphatic heterocycles. The van der Waals surface area contributed by atoms with Gasteiger partial charge in [0.15, 0.2) is 0 Å². The molecule has 0 unspecified atom stereocenters. The standard InChI is InChI=1S/C30H32N6O5/c37-23-11-9-20(10-12-23)17-24(34-27(38)21-5-1-13-31-18-21)29(40)36-16-4-8-26(36)30(41)35-15-3-7-25(35)28(39)33-22-6-2-14-32-19-22/h1-2,5-6,9-14,18-19,24-26,37H,3-4,7-8,15-17H2,(H,33,39)(H,34,38)/t24-,25-,26-/m0/s1. The first-order valence-electron chi connectivity index (χ1n) is 13.7. The second-order valence-electron chi connectivity index (χ2n) is 10.2. The van der Waals surface area contributed by atoms with Gasteiger partial charge in [0.05, 0.1) is 17.4 Å². The van der Waals surface area contributed by atoms with Gasteiger partial charge in [-0.05, 0) is 67.6 Å². The third-order valence-electron chi connectivity index (χ3n) is 7.49. The van der Waals surface area contributed by atoms with E-state index in [1.807, 2.05) is 0 Å². The van der Waals surface area contributed by atoms with Gasteiger partial charge >= 0.3 is 0 Å².